The van der Waals surface area contributed by atoms with Crippen molar-refractivity contribution in [2.45, 2.75) is 27.1 Å². The summed E-state index contributed by atoms with van der Waals surface area (Å²) < 4.78 is 15.9. The molecule has 6 nitrogen and oxygen atoms in total. The first-order chi connectivity index (χ1) is 12.0. The minimum Gasteiger partial charge on any atom is -0.486 e. The molecule has 3 rings (SSSR count). The maximum absolute atomic E-state index is 12.2. The summed E-state index contributed by atoms with van der Waals surface area (Å²) in [4.78, 5) is 17.0. The zero-order valence-electron chi connectivity index (χ0n) is 13.6. The molecule has 0 aliphatic rings. The summed E-state index contributed by atoms with van der Waals surface area (Å²) in [6.45, 7) is 3.86. The van der Waals surface area contributed by atoms with Crippen molar-refractivity contribution in [1.29, 1.82) is 0 Å². The summed E-state index contributed by atoms with van der Waals surface area (Å²) in [6, 6.07) is 8.77. The van der Waals surface area contributed by atoms with Gasteiger partial charge in [-0.3, -0.25) is 0 Å². The first kappa shape index (κ1) is 17.4. The molecule has 0 aliphatic heterocycles. The van der Waals surface area contributed by atoms with Crippen molar-refractivity contribution in [2.75, 3.05) is 0 Å². The van der Waals surface area contributed by atoms with Gasteiger partial charge in [0.2, 0.25) is 0 Å². The van der Waals surface area contributed by atoms with Gasteiger partial charge in [-0.25, -0.2) is 9.78 Å². The molecule has 0 amide bonds. The predicted octanol–water partition coefficient (Wildman–Crippen LogP) is 4.34. The fourth-order valence-corrected chi connectivity index (χ4v) is 3.06. The van der Waals surface area contributed by atoms with E-state index >= 15 is 0 Å². The topological polar surface area (TPSA) is 74.5 Å². The van der Waals surface area contributed by atoms with E-state index in [1.165, 1.54) is 11.3 Å². The number of rotatable bonds is 6. The van der Waals surface area contributed by atoms with E-state index in [2.05, 4.69) is 10.1 Å². The summed E-state index contributed by atoms with van der Waals surface area (Å²) in [5.74, 6) is 0.739. The Morgan fingerprint density at radius 3 is 2.68 bits per heavy atom. The molecule has 1 aromatic carbocycles. The Morgan fingerprint density at radius 1 is 1.24 bits per heavy atom. The van der Waals surface area contributed by atoms with Gasteiger partial charge in [0.1, 0.15) is 22.2 Å². The summed E-state index contributed by atoms with van der Waals surface area (Å²) >= 11 is 7.08. The molecular weight excluding hydrogens is 364 g/mol. The van der Waals surface area contributed by atoms with Gasteiger partial charge >= 0.3 is 5.97 Å². The number of ether oxygens (including phenoxy) is 2. The minimum atomic E-state index is -0.443. The first-order valence-electron chi connectivity index (χ1n) is 7.45. The quantitative estimate of drug-likeness (QED) is 0.594. The number of esters is 1. The highest BCUT2D eigenvalue weighted by atomic mass is 35.5. The lowest BCUT2D eigenvalue weighted by Gasteiger charge is -2.03. The largest absolute Gasteiger partial charge is 0.486 e. The third-order valence-electron chi connectivity index (χ3n) is 3.22. The molecule has 0 atom stereocenters. The number of benzene rings is 1. The van der Waals surface area contributed by atoms with Crippen molar-refractivity contribution in [3.8, 4) is 5.75 Å². The van der Waals surface area contributed by atoms with Gasteiger partial charge in [-0.1, -0.05) is 16.8 Å². The highest BCUT2D eigenvalue weighted by Gasteiger charge is 2.18. The number of halogens is 1. The van der Waals surface area contributed by atoms with Crippen molar-refractivity contribution >= 4 is 28.9 Å². The average Bonchev–Trinajstić information content (AvgIpc) is 3.18. The fourth-order valence-electron chi connectivity index (χ4n) is 2.07. The smallest absolute Gasteiger partial charge is 0.350 e. The maximum Gasteiger partial charge on any atom is 0.350 e. The zero-order valence-corrected chi connectivity index (χ0v) is 15.2. The molecule has 2 heterocycles. The van der Waals surface area contributed by atoms with Crippen LogP contribution in [-0.4, -0.2) is 16.1 Å². The lowest BCUT2D eigenvalue weighted by Crippen LogP contribution is -2.04. The normalized spacial score (nSPS) is 10.7. The van der Waals surface area contributed by atoms with E-state index in [9.17, 15) is 4.79 Å². The van der Waals surface area contributed by atoms with Crippen molar-refractivity contribution in [2.24, 2.45) is 0 Å². The van der Waals surface area contributed by atoms with Crippen molar-refractivity contribution < 1.29 is 18.8 Å². The predicted molar refractivity (Wildman–Crippen MR) is 93.0 cm³/mol. The summed E-state index contributed by atoms with van der Waals surface area (Å²) in [5.41, 5.74) is 1.35. The molecule has 0 spiro atoms. The molecule has 0 N–H and O–H groups in total. The number of hydrogen-bond acceptors (Lipinski definition) is 7. The number of thiazole rings is 1. The van der Waals surface area contributed by atoms with Crippen LogP contribution in [0.25, 0.3) is 0 Å². The monoisotopic (exact) mass is 378 g/mol. The van der Waals surface area contributed by atoms with Crippen LogP contribution in [0.2, 0.25) is 5.02 Å². The van der Waals surface area contributed by atoms with Crippen LogP contribution in [0.1, 0.15) is 31.8 Å². The number of carbonyl (C=O) groups is 1. The molecule has 0 unspecified atom stereocenters. The summed E-state index contributed by atoms with van der Waals surface area (Å²) in [7, 11) is 0. The molecule has 0 aliphatic carbocycles. The molecular formula is C17H15ClN2O4S. The van der Waals surface area contributed by atoms with E-state index in [0.717, 1.165) is 5.69 Å². The van der Waals surface area contributed by atoms with Gasteiger partial charge in [0.25, 0.3) is 0 Å². The number of nitrogens with zero attached hydrogens (tertiary/aromatic N) is 2. The molecule has 0 saturated heterocycles. The third kappa shape index (κ3) is 4.58. The number of carbonyl (C=O) groups excluding carboxylic acids is 1. The molecule has 0 bridgehead atoms. The zero-order chi connectivity index (χ0) is 17.8. The SMILES string of the molecule is Cc1cc(COC(=O)c2sc(COc3ccc(Cl)cc3)nc2C)on1. The second-order valence-electron chi connectivity index (χ2n) is 5.28. The van der Waals surface area contributed by atoms with Crippen molar-refractivity contribution in [3.63, 3.8) is 0 Å². The van der Waals surface area contributed by atoms with Crippen LogP contribution in [0.3, 0.4) is 0 Å². The van der Waals surface area contributed by atoms with Crippen LogP contribution >= 0.6 is 22.9 Å². The van der Waals surface area contributed by atoms with Crippen LogP contribution in [-0.2, 0) is 18.0 Å². The van der Waals surface area contributed by atoms with E-state index in [4.69, 9.17) is 25.6 Å². The number of hydrogen-bond donors (Lipinski definition) is 0. The summed E-state index contributed by atoms with van der Waals surface area (Å²) in [6.07, 6.45) is 0. The Bertz CT molecular complexity index is 873. The lowest BCUT2D eigenvalue weighted by molar-refractivity contribution is 0.0442. The van der Waals surface area contributed by atoms with E-state index in [0.29, 0.717) is 32.1 Å². The van der Waals surface area contributed by atoms with Crippen LogP contribution in [0.15, 0.2) is 34.9 Å². The Kier molecular flexibility index (Phi) is 5.35. The Labute approximate surface area is 153 Å². The van der Waals surface area contributed by atoms with Gasteiger partial charge in [-0.05, 0) is 38.1 Å². The lowest BCUT2D eigenvalue weighted by atomic mass is 10.3. The van der Waals surface area contributed by atoms with E-state index in [1.54, 1.807) is 44.2 Å². The second kappa shape index (κ2) is 7.67. The van der Waals surface area contributed by atoms with Crippen LogP contribution < -0.4 is 4.74 Å². The van der Waals surface area contributed by atoms with Gasteiger partial charge < -0.3 is 14.0 Å². The maximum atomic E-state index is 12.2. The van der Waals surface area contributed by atoms with E-state index < -0.39 is 5.97 Å². The van der Waals surface area contributed by atoms with Crippen LogP contribution in [0.5, 0.6) is 5.75 Å². The fraction of sp³-hybridized carbons (Fsp3) is 0.235. The molecule has 0 saturated carbocycles. The highest BCUT2D eigenvalue weighted by molar-refractivity contribution is 7.13. The average molecular weight is 379 g/mol. The van der Waals surface area contributed by atoms with Gasteiger partial charge in [0.15, 0.2) is 12.4 Å². The minimum absolute atomic E-state index is 0.0353. The number of aromatic nitrogens is 2. The van der Waals surface area contributed by atoms with Crippen LogP contribution in [0.4, 0.5) is 0 Å². The second-order valence-corrected chi connectivity index (χ2v) is 6.80. The third-order valence-corrected chi connectivity index (χ3v) is 4.59. The van der Waals surface area contributed by atoms with Crippen LogP contribution in [0, 0.1) is 13.8 Å². The van der Waals surface area contributed by atoms with Gasteiger partial charge in [-0.2, -0.15) is 0 Å². The Balaban J connectivity index is 1.59. The molecule has 0 fully saturated rings. The Hall–Kier alpha value is -2.38. The molecule has 0 radical (unpaired) electrons. The molecule has 2 aromatic heterocycles. The highest BCUT2D eigenvalue weighted by Crippen LogP contribution is 2.22. The van der Waals surface area contributed by atoms with Gasteiger partial charge in [0, 0.05) is 11.1 Å². The molecule has 130 valence electrons. The number of aryl methyl sites for hydroxylation is 2. The van der Waals surface area contributed by atoms with Gasteiger partial charge in [-0.15, -0.1) is 11.3 Å². The van der Waals surface area contributed by atoms with Crippen molar-refractivity contribution in [1.82, 2.24) is 10.1 Å². The van der Waals surface area contributed by atoms with Crippen molar-refractivity contribution in [3.05, 3.63) is 62.4 Å². The van der Waals surface area contributed by atoms with Gasteiger partial charge in [0.05, 0.1) is 11.4 Å². The summed E-state index contributed by atoms with van der Waals surface area (Å²) in [5, 5.41) is 5.08. The molecule has 25 heavy (non-hydrogen) atoms. The molecule has 3 aromatic rings. The van der Waals surface area contributed by atoms with E-state index in [1.807, 2.05) is 0 Å². The Morgan fingerprint density at radius 2 is 2.00 bits per heavy atom. The first-order valence-corrected chi connectivity index (χ1v) is 8.64. The van der Waals surface area contributed by atoms with E-state index in [-0.39, 0.29) is 13.2 Å². The standard InChI is InChI=1S/C17H15ClN2O4S/c1-10-7-14(24-20-10)8-23-17(21)16-11(2)19-15(25-16)9-22-13-5-3-12(18)4-6-13/h3-7H,8-9H2,1-2H3. The molecule has 8 heteroatoms.